The van der Waals surface area contributed by atoms with E-state index in [0.29, 0.717) is 23.1 Å². The van der Waals surface area contributed by atoms with Crippen LogP contribution in [0.15, 0.2) is 60.7 Å². The minimum absolute atomic E-state index is 0.0231. The molecule has 4 aliphatic rings. The first kappa shape index (κ1) is 29.6. The smallest absolute Gasteiger partial charge is 0.334 e. The highest BCUT2D eigenvalue weighted by Crippen LogP contribution is 2.55. The van der Waals surface area contributed by atoms with Gasteiger partial charge in [0.1, 0.15) is 42.4 Å². The molecule has 2 aliphatic heterocycles. The van der Waals surface area contributed by atoms with Gasteiger partial charge in [0.25, 0.3) is 0 Å². The third kappa shape index (κ3) is 5.27. The van der Waals surface area contributed by atoms with Crippen molar-refractivity contribution >= 4 is 11.8 Å². The topological polar surface area (TPSA) is 183 Å². The quantitative estimate of drug-likeness (QED) is 0.146. The predicted octanol–water partition coefficient (Wildman–Crippen LogP) is -0.0840. The minimum atomic E-state index is -1.61. The number of Topliss-reactive ketones (excluding diaryl/α,β-unsaturated/α-hetero) is 1. The lowest BCUT2D eigenvalue weighted by Crippen LogP contribution is -2.59. The number of ether oxygens (including phenoxy) is 3. The molecule has 0 spiro atoms. The molecule has 6 N–H and O–H groups in total. The van der Waals surface area contributed by atoms with E-state index >= 15 is 0 Å². The van der Waals surface area contributed by atoms with E-state index in [-0.39, 0.29) is 30.1 Å². The van der Waals surface area contributed by atoms with E-state index in [1.807, 2.05) is 0 Å². The number of aliphatic hydroxyl groups is 5. The van der Waals surface area contributed by atoms with Crippen molar-refractivity contribution in [1.29, 1.82) is 0 Å². The highest BCUT2D eigenvalue weighted by molar-refractivity contribution is 5.94. The Balaban J connectivity index is 1.37. The molecule has 1 aromatic carbocycles. The van der Waals surface area contributed by atoms with Gasteiger partial charge in [0, 0.05) is 29.7 Å². The lowest BCUT2D eigenvalue weighted by Gasteiger charge is -2.40. The molecule has 4 fully saturated rings. The van der Waals surface area contributed by atoms with Gasteiger partial charge in [-0.1, -0.05) is 37.4 Å². The highest BCUT2D eigenvalue weighted by Gasteiger charge is 2.58. The molecule has 2 saturated carbocycles. The van der Waals surface area contributed by atoms with Crippen LogP contribution in [0.5, 0.6) is 5.75 Å². The van der Waals surface area contributed by atoms with Gasteiger partial charge in [-0.15, -0.1) is 0 Å². The first-order valence-electron chi connectivity index (χ1n) is 13.6. The summed E-state index contributed by atoms with van der Waals surface area (Å²) in [7, 11) is 0. The van der Waals surface area contributed by atoms with E-state index in [1.54, 1.807) is 12.1 Å². The summed E-state index contributed by atoms with van der Waals surface area (Å²) in [5.41, 5.74) is 1.99. The number of benzene rings is 1. The largest absolute Gasteiger partial charge is 0.508 e. The van der Waals surface area contributed by atoms with Crippen LogP contribution in [0.3, 0.4) is 0 Å². The summed E-state index contributed by atoms with van der Waals surface area (Å²) in [6.07, 6.45) is -9.65. The van der Waals surface area contributed by atoms with Crippen molar-refractivity contribution in [2.24, 2.45) is 23.7 Å². The minimum Gasteiger partial charge on any atom is -0.508 e. The van der Waals surface area contributed by atoms with Gasteiger partial charge in [-0.3, -0.25) is 4.79 Å². The molecular weight excluding hydrogens is 536 g/mol. The molecule has 2 heterocycles. The average molecular weight is 573 g/mol. The molecule has 0 bridgehead atoms. The van der Waals surface area contributed by atoms with Crippen molar-refractivity contribution in [3.05, 3.63) is 66.3 Å². The molecule has 41 heavy (non-hydrogen) atoms. The summed E-state index contributed by atoms with van der Waals surface area (Å²) in [6.45, 7) is 11.7. The Hall–Kier alpha value is -2.90. The van der Waals surface area contributed by atoms with Crippen molar-refractivity contribution in [3.63, 3.8) is 0 Å². The van der Waals surface area contributed by atoms with Crippen molar-refractivity contribution in [2.45, 2.75) is 68.3 Å². The zero-order chi connectivity index (χ0) is 29.7. The number of carbonyl (C=O) groups is 2. The van der Waals surface area contributed by atoms with Gasteiger partial charge in [-0.2, -0.15) is 0 Å². The molecule has 222 valence electrons. The normalized spacial score (nSPS) is 39.6. The van der Waals surface area contributed by atoms with Crippen LogP contribution in [0.2, 0.25) is 0 Å². The van der Waals surface area contributed by atoms with Crippen LogP contribution in [0, 0.1) is 23.7 Å². The van der Waals surface area contributed by atoms with Gasteiger partial charge in [-0.25, -0.2) is 4.79 Å². The molecule has 1 unspecified atom stereocenters. The summed E-state index contributed by atoms with van der Waals surface area (Å²) in [4.78, 5) is 26.4. The van der Waals surface area contributed by atoms with E-state index in [4.69, 9.17) is 14.2 Å². The second kappa shape index (κ2) is 11.4. The summed E-state index contributed by atoms with van der Waals surface area (Å²) < 4.78 is 17.3. The van der Waals surface area contributed by atoms with Crippen LogP contribution in [-0.4, -0.2) is 98.0 Å². The summed E-state index contributed by atoms with van der Waals surface area (Å²) in [5, 5.41) is 60.7. The summed E-state index contributed by atoms with van der Waals surface area (Å²) in [5.74, 6) is -3.42. The van der Waals surface area contributed by atoms with Crippen molar-refractivity contribution < 1.29 is 54.4 Å². The predicted molar refractivity (Wildman–Crippen MR) is 142 cm³/mol. The number of hydrogen-bond donors (Lipinski definition) is 6. The zero-order valence-corrected chi connectivity index (χ0v) is 22.4. The molecule has 2 saturated heterocycles. The zero-order valence-electron chi connectivity index (χ0n) is 22.4. The fourth-order valence-electron chi connectivity index (χ4n) is 6.76. The van der Waals surface area contributed by atoms with E-state index < -0.39 is 85.1 Å². The number of ketones is 1. The number of allylic oxidation sites excluding steroid dienone is 1. The molecule has 11 nitrogen and oxygen atoms in total. The van der Waals surface area contributed by atoms with Gasteiger partial charge < -0.3 is 44.8 Å². The second-order valence-corrected chi connectivity index (χ2v) is 11.4. The fourth-order valence-corrected chi connectivity index (χ4v) is 6.76. The summed E-state index contributed by atoms with van der Waals surface area (Å²) in [6, 6.07) is 6.17. The number of aromatic hydroxyl groups is 1. The van der Waals surface area contributed by atoms with Gasteiger partial charge in [-0.05, 0) is 42.0 Å². The van der Waals surface area contributed by atoms with Gasteiger partial charge in [0.15, 0.2) is 12.1 Å². The van der Waals surface area contributed by atoms with E-state index in [9.17, 15) is 40.2 Å². The number of hydrogen-bond acceptors (Lipinski definition) is 11. The van der Waals surface area contributed by atoms with Crippen LogP contribution in [0.4, 0.5) is 0 Å². The maximum atomic E-state index is 13.6. The Morgan fingerprint density at radius 2 is 1.73 bits per heavy atom. The molecule has 1 aromatic rings. The average Bonchev–Trinajstić information content (AvgIpc) is 3.38. The molecule has 0 aromatic heterocycles. The lowest BCUT2D eigenvalue weighted by atomic mass is 9.75. The monoisotopic (exact) mass is 572 g/mol. The number of aliphatic hydroxyl groups excluding tert-OH is 5. The maximum Gasteiger partial charge on any atom is 0.334 e. The van der Waals surface area contributed by atoms with Gasteiger partial charge in [0.05, 0.1) is 12.7 Å². The Kier molecular flexibility index (Phi) is 8.23. The maximum absolute atomic E-state index is 13.6. The molecular formula is C30H36O11. The SMILES string of the molecule is C=C1C(=O)O[C@@H]2[C@H]3C(=C)[C@@H](O[C@@H]4O[C@H](CO)[C@@H](O)[C@H](O)[C@H]4O)C[C@H]3C(=C)C[C@@H](C(=O)C(O)Cc3ccc(O)cc3)[C@H]12. The summed E-state index contributed by atoms with van der Waals surface area (Å²) >= 11 is 0. The van der Waals surface area contributed by atoms with Gasteiger partial charge >= 0.3 is 5.97 Å². The number of phenols is 1. The Morgan fingerprint density at radius 3 is 2.39 bits per heavy atom. The third-order valence-corrected chi connectivity index (χ3v) is 9.00. The van der Waals surface area contributed by atoms with Crippen LogP contribution in [-0.2, 0) is 30.2 Å². The number of carbonyl (C=O) groups excluding carboxylic acids is 2. The molecule has 5 rings (SSSR count). The van der Waals surface area contributed by atoms with E-state index in [2.05, 4.69) is 19.7 Å². The third-order valence-electron chi connectivity index (χ3n) is 9.00. The van der Waals surface area contributed by atoms with Crippen molar-refractivity contribution in [2.75, 3.05) is 6.61 Å². The Labute approximate surface area is 237 Å². The molecule has 2 aliphatic carbocycles. The molecule has 0 radical (unpaired) electrons. The van der Waals surface area contributed by atoms with Gasteiger partial charge in [0.2, 0.25) is 0 Å². The van der Waals surface area contributed by atoms with Crippen LogP contribution in [0.1, 0.15) is 18.4 Å². The Morgan fingerprint density at radius 1 is 1.05 bits per heavy atom. The standard InChI is InChI=1S/C30H36O11/c1-12-8-18(24(34)19(33)9-15-4-6-16(32)7-5-15)23-14(3)29(38)41-28(23)22-13(2)20(10-17(12)22)39-30-27(37)26(36)25(35)21(11-31)40-30/h4-7,17-23,25-28,30-33,35-37H,1-3,8-11H2/t17-,18+,19?,20-,21+,22-,23-,25+,26-,27+,28+,30+/m0/s1. The van der Waals surface area contributed by atoms with Crippen LogP contribution < -0.4 is 0 Å². The van der Waals surface area contributed by atoms with E-state index in [1.165, 1.54) is 12.1 Å². The first-order chi connectivity index (χ1) is 19.4. The van der Waals surface area contributed by atoms with Crippen LogP contribution in [0.25, 0.3) is 0 Å². The van der Waals surface area contributed by atoms with Crippen molar-refractivity contribution in [1.82, 2.24) is 0 Å². The first-order valence-corrected chi connectivity index (χ1v) is 13.6. The van der Waals surface area contributed by atoms with Crippen molar-refractivity contribution in [3.8, 4) is 5.75 Å². The molecule has 11 heteroatoms. The second-order valence-electron chi connectivity index (χ2n) is 11.4. The lowest BCUT2D eigenvalue weighted by molar-refractivity contribution is -0.308. The van der Waals surface area contributed by atoms with Crippen LogP contribution >= 0.6 is 0 Å². The van der Waals surface area contributed by atoms with E-state index in [0.717, 1.165) is 0 Å². The number of phenolic OH excluding ortho intramolecular Hbond substituents is 1. The number of esters is 1. The molecule has 12 atom stereocenters. The Bertz CT molecular complexity index is 1220. The fraction of sp³-hybridized carbons (Fsp3) is 0.533. The highest BCUT2D eigenvalue weighted by atomic mass is 16.7. The number of rotatable bonds is 7. The number of fused-ring (bicyclic) bond motifs is 3. The molecule has 0 amide bonds.